The van der Waals surface area contributed by atoms with Crippen molar-refractivity contribution in [2.45, 2.75) is 27.3 Å². The van der Waals surface area contributed by atoms with Gasteiger partial charge in [0.2, 0.25) is 0 Å². The molecule has 9 nitrogen and oxygen atoms in total. The van der Waals surface area contributed by atoms with Gasteiger partial charge in [0.25, 0.3) is 5.91 Å². The number of hydrazone groups is 1. The van der Waals surface area contributed by atoms with Crippen molar-refractivity contribution < 1.29 is 23.9 Å². The highest BCUT2D eigenvalue weighted by atomic mass is 79.9. The van der Waals surface area contributed by atoms with Crippen LogP contribution in [-0.2, 0) is 20.9 Å². The van der Waals surface area contributed by atoms with Gasteiger partial charge in [0.15, 0.2) is 6.61 Å². The number of benzene rings is 3. The summed E-state index contributed by atoms with van der Waals surface area (Å²) in [6, 6.07) is 16.2. The zero-order chi connectivity index (χ0) is 27.7. The third-order valence-electron chi connectivity index (χ3n) is 5.46. The summed E-state index contributed by atoms with van der Waals surface area (Å²) in [6.07, 6.45) is 1.33. The van der Waals surface area contributed by atoms with E-state index in [4.69, 9.17) is 9.47 Å². The van der Waals surface area contributed by atoms with Gasteiger partial charge in [-0.3, -0.25) is 14.4 Å². The van der Waals surface area contributed by atoms with E-state index in [1.807, 2.05) is 32.9 Å². The van der Waals surface area contributed by atoms with Crippen LogP contribution < -0.4 is 25.5 Å². The van der Waals surface area contributed by atoms with Gasteiger partial charge in [-0.25, -0.2) is 5.43 Å². The van der Waals surface area contributed by atoms with Gasteiger partial charge in [-0.2, -0.15) is 5.10 Å². The van der Waals surface area contributed by atoms with Crippen LogP contribution in [0.15, 0.2) is 64.2 Å². The Morgan fingerprint density at radius 3 is 2.29 bits per heavy atom. The zero-order valence-corrected chi connectivity index (χ0v) is 23.1. The van der Waals surface area contributed by atoms with Crippen LogP contribution in [0.3, 0.4) is 0 Å². The number of amides is 3. The number of hydrogen-bond donors (Lipinski definition) is 3. The van der Waals surface area contributed by atoms with Crippen LogP contribution in [0.25, 0.3) is 0 Å². The van der Waals surface area contributed by atoms with Crippen LogP contribution in [0.1, 0.15) is 27.8 Å². The van der Waals surface area contributed by atoms with Crippen molar-refractivity contribution in [1.82, 2.24) is 10.7 Å². The molecule has 3 amide bonds. The third-order valence-corrected chi connectivity index (χ3v) is 5.95. The molecule has 0 heterocycles. The first-order valence-corrected chi connectivity index (χ1v) is 12.5. The van der Waals surface area contributed by atoms with Gasteiger partial charge in [-0.1, -0.05) is 45.8 Å². The molecule has 0 unspecified atom stereocenters. The van der Waals surface area contributed by atoms with Gasteiger partial charge in [0.1, 0.15) is 11.5 Å². The molecule has 0 bridgehead atoms. The molecular weight excluding hydrogens is 552 g/mol. The predicted octanol–water partition coefficient (Wildman–Crippen LogP) is 4.17. The van der Waals surface area contributed by atoms with Crippen LogP contribution in [0.4, 0.5) is 5.69 Å². The number of carbonyl (C=O) groups is 3. The van der Waals surface area contributed by atoms with E-state index in [9.17, 15) is 14.4 Å². The molecule has 0 aliphatic rings. The molecule has 3 aromatic rings. The van der Waals surface area contributed by atoms with Gasteiger partial charge in [-0.15, -0.1) is 0 Å². The number of aryl methyl sites for hydroxylation is 3. The zero-order valence-electron chi connectivity index (χ0n) is 21.6. The lowest BCUT2D eigenvalue weighted by atomic mass is 10.1. The van der Waals surface area contributed by atoms with Crippen LogP contribution in [0.2, 0.25) is 0 Å². The highest BCUT2D eigenvalue weighted by Crippen LogP contribution is 2.23. The van der Waals surface area contributed by atoms with Crippen molar-refractivity contribution in [2.24, 2.45) is 5.10 Å². The summed E-state index contributed by atoms with van der Waals surface area (Å²) in [4.78, 5) is 36.8. The number of hydrogen-bond acceptors (Lipinski definition) is 6. The summed E-state index contributed by atoms with van der Waals surface area (Å²) in [7, 11) is 1.57. The Bertz CT molecular complexity index is 1330. The lowest BCUT2D eigenvalue weighted by Crippen LogP contribution is -2.37. The highest BCUT2D eigenvalue weighted by Gasteiger charge is 2.13. The van der Waals surface area contributed by atoms with Crippen LogP contribution in [-0.4, -0.2) is 37.7 Å². The Hall–Kier alpha value is -4.18. The van der Waals surface area contributed by atoms with Crippen LogP contribution in [0.5, 0.6) is 11.5 Å². The average molecular weight is 581 g/mol. The topological polar surface area (TPSA) is 118 Å². The molecule has 3 aromatic carbocycles. The van der Waals surface area contributed by atoms with Crippen molar-refractivity contribution in [1.29, 1.82) is 0 Å². The first-order valence-electron chi connectivity index (χ1n) is 11.7. The fourth-order valence-corrected chi connectivity index (χ4v) is 4.04. The Labute approximate surface area is 229 Å². The average Bonchev–Trinajstić information content (AvgIpc) is 2.89. The number of carbonyl (C=O) groups excluding carboxylic acids is 3. The second-order valence-electron chi connectivity index (χ2n) is 8.52. The van der Waals surface area contributed by atoms with Crippen molar-refractivity contribution in [3.05, 3.63) is 86.9 Å². The van der Waals surface area contributed by atoms with Crippen LogP contribution >= 0.6 is 15.9 Å². The molecule has 10 heteroatoms. The highest BCUT2D eigenvalue weighted by molar-refractivity contribution is 9.10. The minimum atomic E-state index is -0.921. The number of nitrogens with zero attached hydrogens (tertiary/aromatic N) is 1. The largest absolute Gasteiger partial charge is 0.497 e. The minimum Gasteiger partial charge on any atom is -0.497 e. The van der Waals surface area contributed by atoms with E-state index in [2.05, 4.69) is 37.1 Å². The van der Waals surface area contributed by atoms with Crippen molar-refractivity contribution in [2.75, 3.05) is 19.0 Å². The first kappa shape index (κ1) is 28.4. The Morgan fingerprint density at radius 2 is 1.63 bits per heavy atom. The summed E-state index contributed by atoms with van der Waals surface area (Å²) < 4.78 is 11.5. The Balaban J connectivity index is 1.55. The van der Waals surface area contributed by atoms with Gasteiger partial charge < -0.3 is 20.1 Å². The second-order valence-corrected chi connectivity index (χ2v) is 9.44. The number of nitrogens with one attached hydrogen (secondary N) is 3. The molecular formula is C28H29BrN4O5. The van der Waals surface area contributed by atoms with Gasteiger partial charge in [-0.05, 0) is 67.8 Å². The van der Waals surface area contributed by atoms with E-state index in [0.717, 1.165) is 32.4 Å². The summed E-state index contributed by atoms with van der Waals surface area (Å²) in [5.41, 5.74) is 7.31. The summed E-state index contributed by atoms with van der Waals surface area (Å²) in [6.45, 7) is 5.83. The second kappa shape index (κ2) is 13.4. The smallest absolute Gasteiger partial charge is 0.329 e. The molecule has 0 spiro atoms. The molecule has 0 saturated heterocycles. The summed E-state index contributed by atoms with van der Waals surface area (Å²) >= 11 is 3.38. The molecule has 0 aliphatic carbocycles. The SMILES string of the molecule is COc1ccc(CNC(=O)C(=O)N/N=C\c2cc(Br)ccc2OCC(=O)Nc2c(C)cc(C)cc2C)cc1. The quantitative estimate of drug-likeness (QED) is 0.199. The maximum Gasteiger partial charge on any atom is 0.329 e. The van der Waals surface area contributed by atoms with Gasteiger partial charge in [0, 0.05) is 22.3 Å². The van der Waals surface area contributed by atoms with Gasteiger partial charge in [0.05, 0.1) is 13.3 Å². The van der Waals surface area contributed by atoms with E-state index in [-0.39, 0.29) is 19.1 Å². The molecule has 0 aliphatic heterocycles. The van der Waals surface area contributed by atoms with Gasteiger partial charge >= 0.3 is 11.8 Å². The van der Waals surface area contributed by atoms with E-state index in [1.54, 1.807) is 49.6 Å². The van der Waals surface area contributed by atoms with E-state index in [0.29, 0.717) is 17.1 Å². The summed E-state index contributed by atoms with van der Waals surface area (Å²) in [5.74, 6) is -0.993. The predicted molar refractivity (Wildman–Crippen MR) is 149 cm³/mol. The molecule has 0 saturated carbocycles. The number of anilines is 1. The maximum atomic E-state index is 12.5. The molecule has 198 valence electrons. The molecule has 38 heavy (non-hydrogen) atoms. The van der Waals surface area contributed by atoms with Crippen molar-refractivity contribution in [3.8, 4) is 11.5 Å². The van der Waals surface area contributed by atoms with E-state index < -0.39 is 11.8 Å². The van der Waals surface area contributed by atoms with Crippen LogP contribution in [0, 0.1) is 20.8 Å². The molecule has 3 N–H and O–H groups in total. The maximum absolute atomic E-state index is 12.5. The Morgan fingerprint density at radius 1 is 0.947 bits per heavy atom. The number of methoxy groups -OCH3 is 1. The fourth-order valence-electron chi connectivity index (χ4n) is 3.66. The van der Waals surface area contributed by atoms with Crippen molar-refractivity contribution >= 4 is 45.6 Å². The Kier molecular flexibility index (Phi) is 10.0. The number of halogens is 1. The standard InChI is InChI=1S/C28H29BrN4O5/c1-17-11-18(2)26(19(3)12-17)32-25(34)16-38-24-10-7-22(29)13-21(24)15-31-33-28(36)27(35)30-14-20-5-8-23(37-4)9-6-20/h5-13,15H,14,16H2,1-4H3,(H,30,35)(H,32,34)(H,33,36)/b31-15-. The molecule has 0 fully saturated rings. The third kappa shape index (κ3) is 8.17. The monoisotopic (exact) mass is 580 g/mol. The molecule has 0 atom stereocenters. The van der Waals surface area contributed by atoms with E-state index >= 15 is 0 Å². The lowest BCUT2D eigenvalue weighted by Gasteiger charge is -2.14. The summed E-state index contributed by atoms with van der Waals surface area (Å²) in [5, 5.41) is 9.28. The van der Waals surface area contributed by atoms with Crippen molar-refractivity contribution in [3.63, 3.8) is 0 Å². The number of ether oxygens (including phenoxy) is 2. The molecule has 3 rings (SSSR count). The molecule has 0 aromatic heterocycles. The fraction of sp³-hybridized carbons (Fsp3) is 0.214. The minimum absolute atomic E-state index is 0.174. The molecule has 0 radical (unpaired) electrons. The van der Waals surface area contributed by atoms with E-state index in [1.165, 1.54) is 6.21 Å². The normalized spacial score (nSPS) is 10.7. The lowest BCUT2D eigenvalue weighted by molar-refractivity contribution is -0.139. The first-order chi connectivity index (χ1) is 18.2. The number of rotatable bonds is 9.